The van der Waals surface area contributed by atoms with E-state index in [2.05, 4.69) is 0 Å². The Labute approximate surface area is 148 Å². The third-order valence-corrected chi connectivity index (χ3v) is 4.60. The summed E-state index contributed by atoms with van der Waals surface area (Å²) < 4.78 is 24.2. The molecule has 0 bridgehead atoms. The van der Waals surface area contributed by atoms with Crippen molar-refractivity contribution < 1.29 is 18.3 Å². The van der Waals surface area contributed by atoms with Gasteiger partial charge in [0.25, 0.3) is 5.91 Å². The third kappa shape index (κ3) is 2.50. The molecule has 1 aliphatic rings. The van der Waals surface area contributed by atoms with Crippen molar-refractivity contribution in [2.75, 3.05) is 20.3 Å². The average Bonchev–Trinajstić information content (AvgIpc) is 2.93. The van der Waals surface area contributed by atoms with Gasteiger partial charge in [0.1, 0.15) is 11.4 Å². The Hall–Kier alpha value is -2.99. The second-order valence-electron chi connectivity index (χ2n) is 6.12. The molecule has 1 atom stereocenters. The van der Waals surface area contributed by atoms with Gasteiger partial charge in [0.05, 0.1) is 23.6 Å². The Bertz CT molecular complexity index is 1040. The molecule has 0 saturated carbocycles. The van der Waals surface area contributed by atoms with Crippen LogP contribution in [0.1, 0.15) is 27.7 Å². The van der Waals surface area contributed by atoms with E-state index in [9.17, 15) is 14.0 Å². The minimum absolute atomic E-state index is 0.0409. The molecular weight excluding hydrogens is 337 g/mol. The van der Waals surface area contributed by atoms with Crippen LogP contribution in [0, 0.1) is 5.82 Å². The molecule has 0 fully saturated rings. The molecule has 1 amide bonds. The summed E-state index contributed by atoms with van der Waals surface area (Å²) in [7, 11) is 1.54. The van der Waals surface area contributed by atoms with Crippen molar-refractivity contribution in [2.45, 2.75) is 6.04 Å². The number of methoxy groups -OCH3 is 1. The van der Waals surface area contributed by atoms with Crippen molar-refractivity contribution in [3.05, 3.63) is 81.5 Å². The fourth-order valence-corrected chi connectivity index (χ4v) is 3.38. The lowest BCUT2D eigenvalue weighted by atomic mass is 9.98. The van der Waals surface area contributed by atoms with Crippen LogP contribution < -0.4 is 5.43 Å². The number of amides is 1. The lowest BCUT2D eigenvalue weighted by Gasteiger charge is -2.24. The van der Waals surface area contributed by atoms with Gasteiger partial charge in [-0.25, -0.2) is 4.39 Å². The van der Waals surface area contributed by atoms with Gasteiger partial charge in [-0.05, 0) is 29.8 Å². The fraction of sp³-hybridized carbons (Fsp3) is 0.200. The molecule has 0 N–H and O–H groups in total. The minimum Gasteiger partial charge on any atom is -0.450 e. The van der Waals surface area contributed by atoms with Gasteiger partial charge >= 0.3 is 0 Å². The molecule has 0 spiro atoms. The standard InChI is InChI=1S/C20H16FNO4/c1-25-11-10-22-17(12-6-8-13(21)9-7-12)16-18(23)14-4-2-3-5-15(14)26-19(16)20(22)24/h2-9,17H,10-11H2,1H3. The molecule has 0 saturated heterocycles. The summed E-state index contributed by atoms with van der Waals surface area (Å²) >= 11 is 0. The molecule has 1 aliphatic heterocycles. The maximum absolute atomic E-state index is 13.4. The van der Waals surface area contributed by atoms with Gasteiger partial charge in [-0.3, -0.25) is 9.59 Å². The number of halogens is 1. The molecule has 26 heavy (non-hydrogen) atoms. The molecule has 0 radical (unpaired) electrons. The maximum Gasteiger partial charge on any atom is 0.290 e. The molecule has 1 aromatic heterocycles. The van der Waals surface area contributed by atoms with Crippen molar-refractivity contribution in [1.29, 1.82) is 0 Å². The topological polar surface area (TPSA) is 59.8 Å². The summed E-state index contributed by atoms with van der Waals surface area (Å²) in [6.07, 6.45) is 0. The van der Waals surface area contributed by atoms with Crippen molar-refractivity contribution in [2.24, 2.45) is 0 Å². The first-order valence-corrected chi connectivity index (χ1v) is 8.23. The van der Waals surface area contributed by atoms with Crippen LogP contribution in [0.2, 0.25) is 0 Å². The smallest absolute Gasteiger partial charge is 0.290 e. The summed E-state index contributed by atoms with van der Waals surface area (Å²) in [5.41, 5.74) is 1.06. The predicted molar refractivity (Wildman–Crippen MR) is 93.6 cm³/mol. The van der Waals surface area contributed by atoms with Crippen LogP contribution in [-0.2, 0) is 4.74 Å². The highest BCUT2D eigenvalue weighted by Gasteiger charge is 2.42. The van der Waals surface area contributed by atoms with Crippen molar-refractivity contribution in [3.8, 4) is 0 Å². The van der Waals surface area contributed by atoms with Crippen LogP contribution in [0.25, 0.3) is 11.0 Å². The van der Waals surface area contributed by atoms with E-state index in [1.165, 1.54) is 24.1 Å². The Morgan fingerprint density at radius 1 is 1.12 bits per heavy atom. The quantitative estimate of drug-likeness (QED) is 0.723. The van der Waals surface area contributed by atoms with Gasteiger partial charge in [-0.1, -0.05) is 24.3 Å². The Morgan fingerprint density at radius 3 is 2.58 bits per heavy atom. The lowest BCUT2D eigenvalue weighted by molar-refractivity contribution is 0.0663. The number of hydrogen-bond acceptors (Lipinski definition) is 4. The number of nitrogens with zero attached hydrogens (tertiary/aromatic N) is 1. The minimum atomic E-state index is -0.630. The van der Waals surface area contributed by atoms with Crippen LogP contribution in [-0.4, -0.2) is 31.1 Å². The van der Waals surface area contributed by atoms with Crippen LogP contribution in [0.3, 0.4) is 0 Å². The number of fused-ring (bicyclic) bond motifs is 2. The maximum atomic E-state index is 13.4. The van der Waals surface area contributed by atoms with Crippen molar-refractivity contribution >= 4 is 16.9 Å². The van der Waals surface area contributed by atoms with Crippen molar-refractivity contribution in [3.63, 3.8) is 0 Å². The highest BCUT2D eigenvalue weighted by molar-refractivity contribution is 5.99. The summed E-state index contributed by atoms with van der Waals surface area (Å²) in [5.74, 6) is -0.708. The average molecular weight is 353 g/mol. The number of hydrogen-bond donors (Lipinski definition) is 0. The van der Waals surface area contributed by atoms with Gasteiger partial charge in [0.2, 0.25) is 5.76 Å². The Kier molecular flexibility index (Phi) is 4.05. The number of rotatable bonds is 4. The van der Waals surface area contributed by atoms with Gasteiger partial charge in [-0.2, -0.15) is 0 Å². The highest BCUT2D eigenvalue weighted by Crippen LogP contribution is 2.37. The molecular formula is C20H16FNO4. The molecule has 3 aromatic rings. The molecule has 4 rings (SSSR count). The molecule has 132 valence electrons. The van der Waals surface area contributed by atoms with Crippen LogP contribution >= 0.6 is 0 Å². The van der Waals surface area contributed by atoms with Crippen LogP contribution in [0.15, 0.2) is 57.7 Å². The van der Waals surface area contributed by atoms with E-state index in [1.807, 2.05) is 0 Å². The van der Waals surface area contributed by atoms with Gasteiger partial charge in [0.15, 0.2) is 5.43 Å². The first-order valence-electron chi connectivity index (χ1n) is 8.23. The number of benzene rings is 2. The normalized spacial score (nSPS) is 16.3. The highest BCUT2D eigenvalue weighted by atomic mass is 19.1. The van der Waals surface area contributed by atoms with Crippen LogP contribution in [0.5, 0.6) is 0 Å². The van der Waals surface area contributed by atoms with Gasteiger partial charge in [-0.15, -0.1) is 0 Å². The van der Waals surface area contributed by atoms with E-state index >= 15 is 0 Å². The zero-order valence-electron chi connectivity index (χ0n) is 14.1. The predicted octanol–water partition coefficient (Wildman–Crippen LogP) is 3.12. The number of carbonyl (C=O) groups is 1. The summed E-state index contributed by atoms with van der Waals surface area (Å²) in [5, 5.41) is 0.416. The first-order chi connectivity index (χ1) is 12.6. The first kappa shape index (κ1) is 16.5. The van der Waals surface area contributed by atoms with E-state index in [4.69, 9.17) is 9.15 Å². The molecule has 1 unspecified atom stereocenters. The zero-order chi connectivity index (χ0) is 18.3. The largest absolute Gasteiger partial charge is 0.450 e. The second kappa shape index (κ2) is 6.38. The monoisotopic (exact) mass is 353 g/mol. The molecule has 6 heteroatoms. The van der Waals surface area contributed by atoms with E-state index < -0.39 is 6.04 Å². The number of para-hydroxylation sites is 1. The van der Waals surface area contributed by atoms with E-state index in [0.717, 1.165) is 0 Å². The lowest BCUT2D eigenvalue weighted by Crippen LogP contribution is -2.32. The van der Waals surface area contributed by atoms with Gasteiger partial charge in [0, 0.05) is 13.7 Å². The van der Waals surface area contributed by atoms with E-state index in [1.54, 1.807) is 36.4 Å². The number of ether oxygens (including phenoxy) is 1. The fourth-order valence-electron chi connectivity index (χ4n) is 3.38. The molecule has 0 aliphatic carbocycles. The summed E-state index contributed by atoms with van der Waals surface area (Å²) in [4.78, 5) is 27.5. The number of carbonyl (C=O) groups excluding carboxylic acids is 1. The zero-order valence-corrected chi connectivity index (χ0v) is 14.1. The summed E-state index contributed by atoms with van der Waals surface area (Å²) in [6, 6.07) is 12.0. The van der Waals surface area contributed by atoms with Crippen LogP contribution in [0.4, 0.5) is 4.39 Å². The second-order valence-corrected chi connectivity index (χ2v) is 6.12. The van der Waals surface area contributed by atoms with E-state index in [-0.39, 0.29) is 35.0 Å². The van der Waals surface area contributed by atoms with Crippen molar-refractivity contribution in [1.82, 2.24) is 4.90 Å². The molecule has 5 nitrogen and oxygen atoms in total. The summed E-state index contributed by atoms with van der Waals surface area (Å²) in [6.45, 7) is 0.600. The SMILES string of the molecule is COCCN1C(=O)c2oc3ccccc3c(=O)c2C1c1ccc(F)cc1. The van der Waals surface area contributed by atoms with E-state index in [0.29, 0.717) is 23.1 Å². The Morgan fingerprint density at radius 2 is 1.85 bits per heavy atom. The van der Waals surface area contributed by atoms with Gasteiger partial charge < -0.3 is 14.1 Å². The molecule has 2 aromatic carbocycles. The Balaban J connectivity index is 1.96. The third-order valence-electron chi connectivity index (χ3n) is 4.60. The molecule has 2 heterocycles.